The third kappa shape index (κ3) is 5.81. The molecule has 0 aromatic carbocycles. The lowest BCUT2D eigenvalue weighted by Crippen LogP contribution is -2.15. The van der Waals surface area contributed by atoms with Crippen molar-refractivity contribution in [1.29, 1.82) is 0 Å². The molecular formula is C16H26OS. The fourth-order valence-corrected chi connectivity index (χ4v) is 3.47. The highest BCUT2D eigenvalue weighted by atomic mass is 32.1. The van der Waals surface area contributed by atoms with E-state index in [-0.39, 0.29) is 0 Å². The summed E-state index contributed by atoms with van der Waals surface area (Å²) < 4.78 is 0. The lowest BCUT2D eigenvalue weighted by Gasteiger charge is -2.22. The standard InChI is InChI=1S/C16H26OS/c1-6-14-7-8-15(18-14)10-13(17)9-12(2)11-16(3,4)5/h7-8,12H,6,9-11H2,1-5H3. The molecule has 0 saturated carbocycles. The van der Waals surface area contributed by atoms with Crippen molar-refractivity contribution in [3.8, 4) is 0 Å². The summed E-state index contributed by atoms with van der Waals surface area (Å²) in [5.41, 5.74) is 0.317. The number of aryl methyl sites for hydroxylation is 1. The van der Waals surface area contributed by atoms with E-state index in [0.29, 0.717) is 23.5 Å². The number of hydrogen-bond acceptors (Lipinski definition) is 2. The first-order valence-electron chi connectivity index (χ1n) is 6.89. The first kappa shape index (κ1) is 15.4. The third-order valence-electron chi connectivity index (χ3n) is 2.97. The van der Waals surface area contributed by atoms with Crippen LogP contribution in [0.25, 0.3) is 0 Å². The molecule has 102 valence electrons. The Morgan fingerprint density at radius 1 is 1.28 bits per heavy atom. The van der Waals surface area contributed by atoms with Crippen LogP contribution >= 0.6 is 11.3 Å². The van der Waals surface area contributed by atoms with E-state index in [1.54, 1.807) is 11.3 Å². The van der Waals surface area contributed by atoms with Gasteiger partial charge >= 0.3 is 0 Å². The van der Waals surface area contributed by atoms with Crippen molar-refractivity contribution in [2.24, 2.45) is 11.3 Å². The smallest absolute Gasteiger partial charge is 0.138 e. The lowest BCUT2D eigenvalue weighted by atomic mass is 9.83. The Bertz CT molecular complexity index is 384. The van der Waals surface area contributed by atoms with Crippen LogP contribution in [-0.4, -0.2) is 5.78 Å². The van der Waals surface area contributed by atoms with E-state index in [9.17, 15) is 4.79 Å². The zero-order valence-electron chi connectivity index (χ0n) is 12.4. The molecule has 18 heavy (non-hydrogen) atoms. The molecule has 1 rings (SSSR count). The largest absolute Gasteiger partial charge is 0.299 e. The van der Waals surface area contributed by atoms with Crippen LogP contribution in [0.4, 0.5) is 0 Å². The molecule has 0 aliphatic carbocycles. The number of hydrogen-bond donors (Lipinski definition) is 0. The van der Waals surface area contributed by atoms with Crippen LogP contribution < -0.4 is 0 Å². The summed E-state index contributed by atoms with van der Waals surface area (Å²) in [6.07, 6.45) is 3.53. The first-order valence-corrected chi connectivity index (χ1v) is 7.71. The van der Waals surface area contributed by atoms with Crippen molar-refractivity contribution in [3.05, 3.63) is 21.9 Å². The predicted octanol–water partition coefficient (Wildman–Crippen LogP) is 4.88. The molecule has 1 aromatic rings. The van der Waals surface area contributed by atoms with Crippen molar-refractivity contribution in [2.45, 2.75) is 60.3 Å². The summed E-state index contributed by atoms with van der Waals surface area (Å²) in [4.78, 5) is 14.6. The van der Waals surface area contributed by atoms with Crippen LogP contribution in [0.5, 0.6) is 0 Å². The minimum Gasteiger partial charge on any atom is -0.299 e. The van der Waals surface area contributed by atoms with Gasteiger partial charge in [-0.25, -0.2) is 0 Å². The topological polar surface area (TPSA) is 17.1 Å². The number of rotatable bonds is 6. The molecule has 0 spiro atoms. The second kappa shape index (κ2) is 6.51. The summed E-state index contributed by atoms with van der Waals surface area (Å²) in [6.45, 7) is 11.1. The molecule has 0 bridgehead atoms. The van der Waals surface area contributed by atoms with Gasteiger partial charge in [-0.3, -0.25) is 4.79 Å². The molecule has 0 N–H and O–H groups in total. The molecule has 0 aliphatic heterocycles. The minimum absolute atomic E-state index is 0.317. The van der Waals surface area contributed by atoms with Gasteiger partial charge in [0.2, 0.25) is 0 Å². The van der Waals surface area contributed by atoms with Crippen molar-refractivity contribution < 1.29 is 4.79 Å². The normalized spacial score (nSPS) is 13.6. The van der Waals surface area contributed by atoms with Crippen molar-refractivity contribution in [1.82, 2.24) is 0 Å². The fraction of sp³-hybridized carbons (Fsp3) is 0.688. The maximum Gasteiger partial charge on any atom is 0.138 e. The fourth-order valence-electron chi connectivity index (χ4n) is 2.48. The van der Waals surface area contributed by atoms with Crippen molar-refractivity contribution in [3.63, 3.8) is 0 Å². The van der Waals surface area contributed by atoms with Gasteiger partial charge in [0, 0.05) is 22.6 Å². The molecule has 0 saturated heterocycles. The zero-order valence-corrected chi connectivity index (χ0v) is 13.2. The average molecular weight is 266 g/mol. The summed E-state index contributed by atoms with van der Waals surface area (Å²) >= 11 is 1.78. The van der Waals surface area contributed by atoms with Gasteiger partial charge in [-0.1, -0.05) is 34.6 Å². The van der Waals surface area contributed by atoms with Gasteiger partial charge in [0.25, 0.3) is 0 Å². The van der Waals surface area contributed by atoms with E-state index in [1.165, 1.54) is 9.75 Å². The molecule has 1 atom stereocenters. The van der Waals surface area contributed by atoms with Gasteiger partial charge in [0.1, 0.15) is 5.78 Å². The van der Waals surface area contributed by atoms with Crippen LogP contribution in [0.2, 0.25) is 0 Å². The molecular weight excluding hydrogens is 240 g/mol. The van der Waals surface area contributed by atoms with Gasteiger partial charge in [-0.2, -0.15) is 0 Å². The predicted molar refractivity (Wildman–Crippen MR) is 80.3 cm³/mol. The lowest BCUT2D eigenvalue weighted by molar-refractivity contribution is -0.119. The van der Waals surface area contributed by atoms with Crippen LogP contribution in [0.3, 0.4) is 0 Å². The summed E-state index contributed by atoms with van der Waals surface area (Å²) in [7, 11) is 0. The van der Waals surface area contributed by atoms with E-state index in [4.69, 9.17) is 0 Å². The summed E-state index contributed by atoms with van der Waals surface area (Å²) in [5.74, 6) is 0.874. The molecule has 1 heterocycles. The SMILES string of the molecule is CCc1ccc(CC(=O)CC(C)CC(C)(C)C)s1. The Morgan fingerprint density at radius 3 is 2.39 bits per heavy atom. The van der Waals surface area contributed by atoms with Gasteiger partial charge in [0.15, 0.2) is 0 Å². The summed E-state index contributed by atoms with van der Waals surface area (Å²) in [5, 5.41) is 0. The molecule has 0 amide bonds. The van der Waals surface area contributed by atoms with E-state index >= 15 is 0 Å². The van der Waals surface area contributed by atoms with Gasteiger partial charge in [0.05, 0.1) is 0 Å². The molecule has 2 heteroatoms. The van der Waals surface area contributed by atoms with Crippen LogP contribution in [0.1, 0.15) is 57.2 Å². The minimum atomic E-state index is 0.317. The monoisotopic (exact) mass is 266 g/mol. The first-order chi connectivity index (χ1) is 8.30. The van der Waals surface area contributed by atoms with Gasteiger partial charge in [-0.05, 0) is 36.3 Å². The van der Waals surface area contributed by atoms with Crippen LogP contribution in [0, 0.1) is 11.3 Å². The van der Waals surface area contributed by atoms with Gasteiger partial charge < -0.3 is 0 Å². The zero-order chi connectivity index (χ0) is 13.8. The third-order valence-corrected chi connectivity index (χ3v) is 4.20. The Kier molecular flexibility index (Phi) is 5.58. The highest BCUT2D eigenvalue weighted by Gasteiger charge is 2.18. The maximum absolute atomic E-state index is 12.0. The second-order valence-electron chi connectivity index (χ2n) is 6.51. The highest BCUT2D eigenvalue weighted by Crippen LogP contribution is 2.26. The van der Waals surface area contributed by atoms with E-state index < -0.39 is 0 Å². The molecule has 1 aromatic heterocycles. The Balaban J connectivity index is 2.41. The Labute approximate surface area is 116 Å². The Morgan fingerprint density at radius 2 is 1.89 bits per heavy atom. The Hall–Kier alpha value is -0.630. The number of ketones is 1. The van der Waals surface area contributed by atoms with E-state index in [1.807, 2.05) is 0 Å². The average Bonchev–Trinajstić information content (AvgIpc) is 2.61. The van der Waals surface area contributed by atoms with Crippen molar-refractivity contribution in [2.75, 3.05) is 0 Å². The quantitative estimate of drug-likeness (QED) is 0.717. The van der Waals surface area contributed by atoms with Crippen LogP contribution in [0.15, 0.2) is 12.1 Å². The molecule has 1 unspecified atom stereocenters. The van der Waals surface area contributed by atoms with Gasteiger partial charge in [-0.15, -0.1) is 11.3 Å². The highest BCUT2D eigenvalue weighted by molar-refractivity contribution is 7.12. The molecule has 0 aliphatic rings. The number of thiophene rings is 1. The number of carbonyl (C=O) groups excluding carboxylic acids is 1. The summed E-state index contributed by atoms with van der Waals surface area (Å²) in [6, 6.07) is 4.25. The number of carbonyl (C=O) groups is 1. The second-order valence-corrected chi connectivity index (χ2v) is 7.76. The van der Waals surface area contributed by atoms with E-state index in [2.05, 4.69) is 46.8 Å². The number of Topliss-reactive ketones (excluding diaryl/α,β-unsaturated/α-hetero) is 1. The molecule has 0 fully saturated rings. The maximum atomic E-state index is 12.0. The van der Waals surface area contributed by atoms with Crippen LogP contribution in [-0.2, 0) is 17.6 Å². The van der Waals surface area contributed by atoms with E-state index in [0.717, 1.165) is 19.3 Å². The van der Waals surface area contributed by atoms with Crippen molar-refractivity contribution >= 4 is 17.1 Å². The molecule has 0 radical (unpaired) electrons. The molecule has 1 nitrogen and oxygen atoms in total.